The molecular weight excluding hydrogens is 219 g/mol. The quantitative estimate of drug-likeness (QED) is 0.815. The van der Waals surface area contributed by atoms with Gasteiger partial charge in [0.05, 0.1) is 12.6 Å². The average molecular weight is 239 g/mol. The number of hydrogen-bond acceptors (Lipinski definition) is 2. The Bertz CT molecular complexity index is 208. The van der Waals surface area contributed by atoms with E-state index < -0.39 is 18.8 Å². The van der Waals surface area contributed by atoms with Crippen LogP contribution in [-0.4, -0.2) is 41.4 Å². The number of nitrogens with zero attached hydrogens (tertiary/aromatic N) is 1. The van der Waals surface area contributed by atoms with Gasteiger partial charge in [-0.05, 0) is 38.6 Å². The molecule has 0 amide bonds. The molecule has 0 saturated heterocycles. The van der Waals surface area contributed by atoms with Crippen molar-refractivity contribution in [2.75, 3.05) is 13.1 Å². The van der Waals surface area contributed by atoms with Crippen molar-refractivity contribution in [3.05, 3.63) is 0 Å². The van der Waals surface area contributed by atoms with E-state index in [0.717, 1.165) is 19.3 Å². The van der Waals surface area contributed by atoms with Gasteiger partial charge in [0.25, 0.3) is 0 Å². The molecule has 0 aromatic rings. The maximum absolute atomic E-state index is 12.4. The zero-order chi connectivity index (χ0) is 12.2. The first-order valence-electron chi connectivity index (χ1n) is 5.91. The van der Waals surface area contributed by atoms with E-state index in [0.29, 0.717) is 19.4 Å². The van der Waals surface area contributed by atoms with E-state index in [1.165, 1.54) is 4.90 Å². The molecule has 0 aromatic heterocycles. The van der Waals surface area contributed by atoms with Gasteiger partial charge >= 0.3 is 6.18 Å². The minimum atomic E-state index is -4.14. The van der Waals surface area contributed by atoms with Gasteiger partial charge in [-0.2, -0.15) is 13.2 Å². The Kier molecular flexibility index (Phi) is 5.05. The van der Waals surface area contributed by atoms with Crippen LogP contribution in [0.15, 0.2) is 0 Å². The van der Waals surface area contributed by atoms with Crippen LogP contribution in [0.2, 0.25) is 0 Å². The number of alkyl halides is 3. The topological polar surface area (TPSA) is 23.5 Å². The second-order valence-corrected chi connectivity index (χ2v) is 4.56. The van der Waals surface area contributed by atoms with Gasteiger partial charge in [0, 0.05) is 6.04 Å². The van der Waals surface area contributed by atoms with Crippen LogP contribution in [0, 0.1) is 0 Å². The highest BCUT2D eigenvalue weighted by Crippen LogP contribution is 2.26. The van der Waals surface area contributed by atoms with E-state index in [4.69, 9.17) is 0 Å². The van der Waals surface area contributed by atoms with Gasteiger partial charge in [-0.3, -0.25) is 4.90 Å². The smallest absolute Gasteiger partial charge is 0.393 e. The normalized spacial score (nSPS) is 27.4. The Morgan fingerprint density at radius 3 is 2.50 bits per heavy atom. The molecule has 2 unspecified atom stereocenters. The Morgan fingerprint density at radius 2 is 2.00 bits per heavy atom. The third kappa shape index (κ3) is 4.70. The van der Waals surface area contributed by atoms with E-state index in [1.54, 1.807) is 0 Å². The molecule has 0 aromatic carbocycles. The molecule has 5 heteroatoms. The second-order valence-electron chi connectivity index (χ2n) is 4.56. The molecule has 1 fully saturated rings. The summed E-state index contributed by atoms with van der Waals surface area (Å²) in [4.78, 5) is 1.47. The summed E-state index contributed by atoms with van der Waals surface area (Å²) in [5.41, 5.74) is 0. The van der Waals surface area contributed by atoms with E-state index in [9.17, 15) is 18.3 Å². The maximum Gasteiger partial charge on any atom is 0.401 e. The van der Waals surface area contributed by atoms with Crippen LogP contribution in [-0.2, 0) is 0 Å². The summed E-state index contributed by atoms with van der Waals surface area (Å²) >= 11 is 0. The minimum absolute atomic E-state index is 0.106. The van der Waals surface area contributed by atoms with Gasteiger partial charge in [-0.15, -0.1) is 0 Å². The van der Waals surface area contributed by atoms with Crippen LogP contribution in [0.3, 0.4) is 0 Å². The van der Waals surface area contributed by atoms with Crippen LogP contribution in [0.1, 0.15) is 39.0 Å². The van der Waals surface area contributed by atoms with Gasteiger partial charge < -0.3 is 5.11 Å². The molecule has 16 heavy (non-hydrogen) atoms. The zero-order valence-electron chi connectivity index (χ0n) is 9.63. The molecule has 1 rings (SSSR count). The summed E-state index contributed by atoms with van der Waals surface area (Å²) in [5.74, 6) is 0. The average Bonchev–Trinajstić information content (AvgIpc) is 2.15. The van der Waals surface area contributed by atoms with Crippen LogP contribution in [0.5, 0.6) is 0 Å². The Morgan fingerprint density at radius 1 is 1.31 bits per heavy atom. The van der Waals surface area contributed by atoms with E-state index in [1.807, 2.05) is 6.92 Å². The first-order valence-corrected chi connectivity index (χ1v) is 5.91. The highest BCUT2D eigenvalue weighted by molar-refractivity contribution is 4.81. The van der Waals surface area contributed by atoms with Crippen LogP contribution in [0.4, 0.5) is 13.2 Å². The SMILES string of the molecule is CCCN(CC(F)(F)F)C1CCCC(O)C1. The largest absolute Gasteiger partial charge is 0.401 e. The lowest BCUT2D eigenvalue weighted by Gasteiger charge is -2.36. The van der Waals surface area contributed by atoms with E-state index in [2.05, 4.69) is 0 Å². The Labute approximate surface area is 94.4 Å². The summed E-state index contributed by atoms with van der Waals surface area (Å²) in [5, 5.41) is 9.49. The van der Waals surface area contributed by atoms with Crippen molar-refractivity contribution in [3.8, 4) is 0 Å². The fourth-order valence-corrected chi connectivity index (χ4v) is 2.38. The predicted octanol–water partition coefficient (Wildman–Crippen LogP) is 2.56. The molecule has 1 saturated carbocycles. The summed E-state index contributed by atoms with van der Waals surface area (Å²) in [6.45, 7) is 1.48. The van der Waals surface area contributed by atoms with Crippen LogP contribution in [0.25, 0.3) is 0 Å². The number of aliphatic hydroxyl groups is 1. The van der Waals surface area contributed by atoms with Gasteiger partial charge in [-0.1, -0.05) is 6.92 Å². The highest BCUT2D eigenvalue weighted by Gasteiger charge is 2.34. The monoisotopic (exact) mass is 239 g/mol. The fourth-order valence-electron chi connectivity index (χ4n) is 2.38. The standard InChI is InChI=1S/C11H20F3NO/c1-2-6-15(8-11(12,13)14)9-4-3-5-10(16)7-9/h9-10,16H,2-8H2,1H3. The van der Waals surface area contributed by atoms with Crippen LogP contribution >= 0.6 is 0 Å². The van der Waals surface area contributed by atoms with Gasteiger partial charge in [0.1, 0.15) is 0 Å². The predicted molar refractivity (Wildman–Crippen MR) is 56.2 cm³/mol. The third-order valence-electron chi connectivity index (χ3n) is 3.03. The number of aliphatic hydroxyl groups excluding tert-OH is 1. The van der Waals surface area contributed by atoms with Gasteiger partial charge in [0.2, 0.25) is 0 Å². The number of halogens is 3. The maximum atomic E-state index is 12.4. The van der Waals surface area contributed by atoms with Crippen molar-refractivity contribution >= 4 is 0 Å². The van der Waals surface area contributed by atoms with Crippen molar-refractivity contribution < 1.29 is 18.3 Å². The van der Waals surface area contributed by atoms with Gasteiger partial charge in [-0.25, -0.2) is 0 Å². The molecule has 0 aliphatic heterocycles. The minimum Gasteiger partial charge on any atom is -0.393 e. The van der Waals surface area contributed by atoms with E-state index >= 15 is 0 Å². The first-order chi connectivity index (χ1) is 7.42. The Balaban J connectivity index is 2.54. The Hall–Kier alpha value is -0.290. The lowest BCUT2D eigenvalue weighted by atomic mass is 9.91. The molecule has 2 nitrogen and oxygen atoms in total. The van der Waals surface area contributed by atoms with E-state index in [-0.39, 0.29) is 6.04 Å². The molecule has 0 heterocycles. The number of hydrogen-bond donors (Lipinski definition) is 1. The van der Waals surface area contributed by atoms with Crippen LogP contribution < -0.4 is 0 Å². The molecular formula is C11H20F3NO. The zero-order valence-corrected chi connectivity index (χ0v) is 9.63. The van der Waals surface area contributed by atoms with Gasteiger partial charge in [0.15, 0.2) is 0 Å². The summed E-state index contributed by atoms with van der Waals surface area (Å²) < 4.78 is 37.1. The molecule has 2 atom stereocenters. The molecule has 96 valence electrons. The third-order valence-corrected chi connectivity index (χ3v) is 3.03. The van der Waals surface area contributed by atoms with Crippen molar-refractivity contribution in [3.63, 3.8) is 0 Å². The molecule has 1 N–H and O–H groups in total. The first kappa shape index (κ1) is 13.8. The molecule has 0 spiro atoms. The van der Waals surface area contributed by atoms with Crippen molar-refractivity contribution in [1.82, 2.24) is 4.90 Å². The van der Waals surface area contributed by atoms with Crippen molar-refractivity contribution in [2.45, 2.75) is 57.3 Å². The summed E-state index contributed by atoms with van der Waals surface area (Å²) in [6, 6.07) is -0.106. The molecule has 0 radical (unpaired) electrons. The molecule has 1 aliphatic carbocycles. The highest BCUT2D eigenvalue weighted by atomic mass is 19.4. The summed E-state index contributed by atoms with van der Waals surface area (Å²) in [7, 11) is 0. The lowest BCUT2D eigenvalue weighted by Crippen LogP contribution is -2.45. The van der Waals surface area contributed by atoms with Crippen molar-refractivity contribution in [2.24, 2.45) is 0 Å². The van der Waals surface area contributed by atoms with Crippen molar-refractivity contribution in [1.29, 1.82) is 0 Å². The fraction of sp³-hybridized carbons (Fsp3) is 1.00. The summed E-state index contributed by atoms with van der Waals surface area (Å²) in [6.07, 6.45) is -1.05. The molecule has 1 aliphatic rings. The second kappa shape index (κ2) is 5.87. The number of rotatable bonds is 4. The lowest BCUT2D eigenvalue weighted by molar-refractivity contribution is -0.153. The molecule has 0 bridgehead atoms.